The Kier molecular flexibility index (Phi) is 6.27. The van der Waals surface area contributed by atoms with Crippen LogP contribution in [0.4, 0.5) is 17.8 Å². The van der Waals surface area contributed by atoms with E-state index in [2.05, 4.69) is 39.0 Å². The lowest BCUT2D eigenvalue weighted by Gasteiger charge is -2.19. The molecule has 7 nitrogen and oxygen atoms in total. The molecule has 0 amide bonds. The van der Waals surface area contributed by atoms with Gasteiger partial charge in [-0.2, -0.15) is 15.0 Å². The predicted molar refractivity (Wildman–Crippen MR) is 79.5 cm³/mol. The van der Waals surface area contributed by atoms with Crippen molar-refractivity contribution in [2.24, 2.45) is 0 Å². The minimum absolute atomic E-state index is 0.238. The molecule has 0 aromatic carbocycles. The Morgan fingerprint density at radius 1 is 1.11 bits per heavy atom. The number of hydrogen-bond acceptors (Lipinski definition) is 7. The van der Waals surface area contributed by atoms with Crippen molar-refractivity contribution in [3.8, 4) is 0 Å². The standard InChI is InChI=1S/C12H25N7/c1-5-8-19(6-2)9-7-14-11-15-10(13)16-12(17-11)18(3)4/h5-9H2,1-4H3,(H3,13,14,15,16,17). The van der Waals surface area contributed by atoms with Gasteiger partial charge in [0.05, 0.1) is 0 Å². The van der Waals surface area contributed by atoms with Crippen LogP contribution in [0, 0.1) is 0 Å². The fraction of sp³-hybridized carbons (Fsp3) is 0.750. The van der Waals surface area contributed by atoms with E-state index < -0.39 is 0 Å². The van der Waals surface area contributed by atoms with Gasteiger partial charge in [0, 0.05) is 27.2 Å². The smallest absolute Gasteiger partial charge is 0.231 e. The Morgan fingerprint density at radius 2 is 1.84 bits per heavy atom. The van der Waals surface area contributed by atoms with E-state index >= 15 is 0 Å². The largest absolute Gasteiger partial charge is 0.368 e. The lowest BCUT2D eigenvalue weighted by atomic mass is 10.4. The number of likely N-dealkylation sites (N-methyl/N-ethyl adjacent to an activating group) is 1. The first-order chi connectivity index (χ1) is 9.06. The van der Waals surface area contributed by atoms with Gasteiger partial charge in [-0.3, -0.25) is 0 Å². The number of nitrogens with two attached hydrogens (primary N) is 1. The van der Waals surface area contributed by atoms with Gasteiger partial charge in [0.15, 0.2) is 0 Å². The van der Waals surface area contributed by atoms with Crippen molar-refractivity contribution in [3.05, 3.63) is 0 Å². The summed E-state index contributed by atoms with van der Waals surface area (Å²) in [7, 11) is 3.75. The van der Waals surface area contributed by atoms with E-state index in [1.165, 1.54) is 0 Å². The summed E-state index contributed by atoms with van der Waals surface area (Å²) in [6.45, 7) is 8.28. The van der Waals surface area contributed by atoms with Crippen LogP contribution in [-0.4, -0.2) is 60.1 Å². The second-order valence-electron chi connectivity index (χ2n) is 4.57. The van der Waals surface area contributed by atoms with Crippen molar-refractivity contribution in [2.45, 2.75) is 20.3 Å². The van der Waals surface area contributed by atoms with E-state index in [-0.39, 0.29) is 5.95 Å². The molecule has 0 saturated heterocycles. The lowest BCUT2D eigenvalue weighted by molar-refractivity contribution is 0.300. The second-order valence-corrected chi connectivity index (χ2v) is 4.57. The van der Waals surface area contributed by atoms with E-state index in [1.807, 2.05) is 14.1 Å². The van der Waals surface area contributed by atoms with E-state index in [0.717, 1.165) is 32.6 Å². The van der Waals surface area contributed by atoms with Crippen LogP contribution >= 0.6 is 0 Å². The summed E-state index contributed by atoms with van der Waals surface area (Å²) >= 11 is 0. The molecule has 1 rings (SSSR count). The van der Waals surface area contributed by atoms with Crippen molar-refractivity contribution in [3.63, 3.8) is 0 Å². The van der Waals surface area contributed by atoms with Crippen molar-refractivity contribution in [1.29, 1.82) is 0 Å². The highest BCUT2D eigenvalue weighted by molar-refractivity contribution is 5.40. The van der Waals surface area contributed by atoms with Gasteiger partial charge < -0.3 is 20.9 Å². The van der Waals surface area contributed by atoms with Gasteiger partial charge in [0.1, 0.15) is 0 Å². The Hall–Kier alpha value is -1.63. The molecule has 0 spiro atoms. The van der Waals surface area contributed by atoms with Crippen LogP contribution in [0.5, 0.6) is 0 Å². The van der Waals surface area contributed by atoms with Crippen LogP contribution in [0.2, 0.25) is 0 Å². The molecule has 0 aliphatic rings. The fourth-order valence-electron chi connectivity index (χ4n) is 1.73. The quantitative estimate of drug-likeness (QED) is 0.716. The van der Waals surface area contributed by atoms with E-state index in [0.29, 0.717) is 11.9 Å². The fourth-order valence-corrected chi connectivity index (χ4v) is 1.73. The highest BCUT2D eigenvalue weighted by atomic mass is 15.3. The van der Waals surface area contributed by atoms with E-state index in [1.54, 1.807) is 4.90 Å². The maximum atomic E-state index is 5.66. The van der Waals surface area contributed by atoms with Gasteiger partial charge >= 0.3 is 0 Å². The monoisotopic (exact) mass is 267 g/mol. The van der Waals surface area contributed by atoms with Gasteiger partial charge in [-0.25, -0.2) is 0 Å². The van der Waals surface area contributed by atoms with Crippen LogP contribution in [0.25, 0.3) is 0 Å². The molecule has 0 aliphatic heterocycles. The molecule has 19 heavy (non-hydrogen) atoms. The first kappa shape index (κ1) is 15.4. The van der Waals surface area contributed by atoms with E-state index in [9.17, 15) is 0 Å². The molecule has 0 aliphatic carbocycles. The first-order valence-electron chi connectivity index (χ1n) is 6.71. The highest BCUT2D eigenvalue weighted by Crippen LogP contribution is 2.08. The summed E-state index contributed by atoms with van der Waals surface area (Å²) in [5, 5.41) is 3.19. The molecule has 0 radical (unpaired) electrons. The minimum atomic E-state index is 0.238. The molecule has 1 heterocycles. The molecule has 108 valence electrons. The number of nitrogen functional groups attached to an aromatic ring is 1. The third-order valence-electron chi connectivity index (χ3n) is 2.74. The summed E-state index contributed by atoms with van der Waals surface area (Å²) < 4.78 is 0. The van der Waals surface area contributed by atoms with Crippen molar-refractivity contribution in [1.82, 2.24) is 19.9 Å². The van der Waals surface area contributed by atoms with Crippen molar-refractivity contribution in [2.75, 3.05) is 56.2 Å². The lowest BCUT2D eigenvalue weighted by Crippen LogP contribution is -2.30. The average molecular weight is 267 g/mol. The molecule has 0 fully saturated rings. The number of aromatic nitrogens is 3. The zero-order chi connectivity index (χ0) is 14.3. The summed E-state index contributed by atoms with van der Waals surface area (Å²) in [4.78, 5) is 16.6. The Bertz CT molecular complexity index is 380. The van der Waals surface area contributed by atoms with E-state index in [4.69, 9.17) is 5.73 Å². The topological polar surface area (TPSA) is 83.2 Å². The number of nitrogens with zero attached hydrogens (tertiary/aromatic N) is 5. The van der Waals surface area contributed by atoms with Crippen LogP contribution in [-0.2, 0) is 0 Å². The molecule has 7 heteroatoms. The molecule has 0 unspecified atom stereocenters. The average Bonchev–Trinajstić information content (AvgIpc) is 2.37. The molecular weight excluding hydrogens is 242 g/mol. The van der Waals surface area contributed by atoms with Crippen LogP contribution in [0.15, 0.2) is 0 Å². The van der Waals surface area contributed by atoms with Crippen molar-refractivity contribution < 1.29 is 0 Å². The first-order valence-corrected chi connectivity index (χ1v) is 6.71. The maximum absolute atomic E-state index is 5.66. The SMILES string of the molecule is CCCN(CC)CCNc1nc(N)nc(N(C)C)n1. The summed E-state index contributed by atoms with van der Waals surface area (Å²) in [5.74, 6) is 1.33. The molecule has 0 bridgehead atoms. The highest BCUT2D eigenvalue weighted by Gasteiger charge is 2.06. The van der Waals surface area contributed by atoms with Gasteiger partial charge in [-0.1, -0.05) is 13.8 Å². The zero-order valence-corrected chi connectivity index (χ0v) is 12.3. The Morgan fingerprint density at radius 3 is 2.42 bits per heavy atom. The molecular formula is C12H25N7. The van der Waals surface area contributed by atoms with Gasteiger partial charge in [0.2, 0.25) is 17.8 Å². The Balaban J connectivity index is 2.53. The number of hydrogen-bond donors (Lipinski definition) is 2. The maximum Gasteiger partial charge on any atom is 0.231 e. The minimum Gasteiger partial charge on any atom is -0.368 e. The molecule has 3 N–H and O–H groups in total. The molecule has 1 aromatic rings. The van der Waals surface area contributed by atoms with Gasteiger partial charge in [0.25, 0.3) is 0 Å². The molecule has 1 aromatic heterocycles. The van der Waals surface area contributed by atoms with Crippen molar-refractivity contribution >= 4 is 17.8 Å². The van der Waals surface area contributed by atoms with Gasteiger partial charge in [-0.15, -0.1) is 0 Å². The zero-order valence-electron chi connectivity index (χ0n) is 12.3. The third-order valence-corrected chi connectivity index (χ3v) is 2.74. The number of anilines is 3. The summed E-state index contributed by atoms with van der Waals surface area (Å²) in [6, 6.07) is 0. The number of nitrogens with one attached hydrogen (secondary N) is 1. The molecule has 0 atom stereocenters. The Labute approximate surface area is 115 Å². The predicted octanol–water partition coefficient (Wildman–Crippen LogP) is 0.664. The normalized spacial score (nSPS) is 10.8. The summed E-state index contributed by atoms with van der Waals surface area (Å²) in [6.07, 6.45) is 1.16. The van der Waals surface area contributed by atoms with Crippen LogP contribution < -0.4 is 16.0 Å². The van der Waals surface area contributed by atoms with Crippen LogP contribution in [0.1, 0.15) is 20.3 Å². The number of rotatable bonds is 8. The molecule has 0 saturated carbocycles. The van der Waals surface area contributed by atoms with Gasteiger partial charge in [-0.05, 0) is 19.5 Å². The summed E-state index contributed by atoms with van der Waals surface area (Å²) in [5.41, 5.74) is 5.66. The van der Waals surface area contributed by atoms with Crippen LogP contribution in [0.3, 0.4) is 0 Å². The third kappa shape index (κ3) is 5.25. The second kappa shape index (κ2) is 7.73.